The van der Waals surface area contributed by atoms with Crippen molar-refractivity contribution in [2.45, 2.75) is 36.4 Å². The summed E-state index contributed by atoms with van der Waals surface area (Å²) >= 11 is 12.6. The molecule has 0 aromatic rings. The zero-order chi connectivity index (χ0) is 18.7. The standard InChI is InChI=1S/C12H21N3O5S4/c1-6(13-7(16)2-4-21)10(18)15-24-12(23)9(11(19)20)14-8(17)3-5-22/h6,9,12,21-23H,2-5H2,1H3,(H,13,16)(H,14,17)(H,15,18)(H,19,20)/t6?,9-,12?/m1/s1. The van der Waals surface area contributed by atoms with Gasteiger partial charge in [0.05, 0.1) is 4.58 Å². The van der Waals surface area contributed by atoms with Crippen molar-refractivity contribution >= 4 is 73.5 Å². The van der Waals surface area contributed by atoms with Gasteiger partial charge in [0.15, 0.2) is 0 Å². The van der Waals surface area contributed by atoms with E-state index in [9.17, 15) is 19.2 Å². The van der Waals surface area contributed by atoms with E-state index in [4.69, 9.17) is 5.11 Å². The normalized spacial score (nSPS) is 14.2. The SMILES string of the molecule is CC(NC(=O)CCS)C(=O)NSC(S)[C@H](NC(=O)CCS)C(=O)O. The summed E-state index contributed by atoms with van der Waals surface area (Å²) in [5, 5.41) is 13.9. The molecule has 0 saturated heterocycles. The third-order valence-electron chi connectivity index (χ3n) is 2.60. The molecule has 2 unspecified atom stereocenters. The molecule has 0 aliphatic rings. The Labute approximate surface area is 161 Å². The number of hydrogen-bond donors (Lipinski definition) is 7. The summed E-state index contributed by atoms with van der Waals surface area (Å²) in [6.45, 7) is 1.49. The molecule has 0 spiro atoms. The number of carboxylic acid groups (broad SMARTS) is 1. The van der Waals surface area contributed by atoms with E-state index >= 15 is 0 Å². The van der Waals surface area contributed by atoms with Crippen LogP contribution in [-0.4, -0.2) is 57.0 Å². The van der Waals surface area contributed by atoms with Gasteiger partial charge >= 0.3 is 5.97 Å². The minimum absolute atomic E-state index is 0.0681. The molecule has 0 aromatic carbocycles. The summed E-state index contributed by atoms with van der Waals surface area (Å²) < 4.78 is 1.49. The van der Waals surface area contributed by atoms with Crippen LogP contribution in [0.1, 0.15) is 19.8 Å². The highest BCUT2D eigenvalue weighted by atomic mass is 32.2. The summed E-state index contributed by atoms with van der Waals surface area (Å²) in [6, 6.07) is -2.09. The Balaban J connectivity index is 4.47. The van der Waals surface area contributed by atoms with Gasteiger partial charge in [0.2, 0.25) is 11.8 Å². The maximum Gasteiger partial charge on any atom is 0.328 e. The largest absolute Gasteiger partial charge is 0.480 e. The van der Waals surface area contributed by atoms with E-state index in [1.54, 1.807) is 0 Å². The number of rotatable bonds is 11. The summed E-state index contributed by atoms with van der Waals surface area (Å²) in [5.41, 5.74) is 0. The molecule has 0 aliphatic carbocycles. The van der Waals surface area contributed by atoms with Crippen molar-refractivity contribution < 1.29 is 24.3 Å². The highest BCUT2D eigenvalue weighted by Gasteiger charge is 2.29. The van der Waals surface area contributed by atoms with Gasteiger partial charge in [-0.05, 0) is 30.4 Å². The van der Waals surface area contributed by atoms with Crippen LogP contribution in [0.5, 0.6) is 0 Å². The van der Waals surface area contributed by atoms with Gasteiger partial charge in [-0.1, -0.05) is 0 Å². The van der Waals surface area contributed by atoms with Crippen molar-refractivity contribution in [3.05, 3.63) is 0 Å². The van der Waals surface area contributed by atoms with E-state index in [0.29, 0.717) is 5.75 Å². The van der Waals surface area contributed by atoms with Crippen molar-refractivity contribution in [2.24, 2.45) is 0 Å². The third-order valence-corrected chi connectivity index (χ3v) is 4.49. The van der Waals surface area contributed by atoms with Gasteiger partial charge in [-0.2, -0.15) is 37.9 Å². The predicted molar refractivity (Wildman–Crippen MR) is 103 cm³/mol. The zero-order valence-electron chi connectivity index (χ0n) is 12.9. The van der Waals surface area contributed by atoms with Crippen molar-refractivity contribution in [3.8, 4) is 0 Å². The number of carboxylic acids is 1. The Morgan fingerprint density at radius 1 is 1.04 bits per heavy atom. The average molecular weight is 416 g/mol. The molecule has 0 heterocycles. The Morgan fingerprint density at radius 3 is 2.00 bits per heavy atom. The van der Waals surface area contributed by atoms with Crippen molar-refractivity contribution in [1.82, 2.24) is 15.4 Å². The molecule has 3 atom stereocenters. The molecule has 0 radical (unpaired) electrons. The first-order chi connectivity index (χ1) is 11.2. The van der Waals surface area contributed by atoms with Crippen LogP contribution in [0.15, 0.2) is 0 Å². The molecule has 138 valence electrons. The van der Waals surface area contributed by atoms with Crippen LogP contribution in [0.25, 0.3) is 0 Å². The topological polar surface area (TPSA) is 125 Å². The van der Waals surface area contributed by atoms with Gasteiger partial charge in [-0.25, -0.2) is 4.79 Å². The van der Waals surface area contributed by atoms with E-state index < -0.39 is 34.4 Å². The highest BCUT2D eigenvalue weighted by molar-refractivity contribution is 8.09. The minimum Gasteiger partial charge on any atom is -0.480 e. The fraction of sp³-hybridized carbons (Fsp3) is 0.667. The lowest BCUT2D eigenvalue weighted by atomic mass is 10.3. The molecule has 4 N–H and O–H groups in total. The number of hydrogen-bond acceptors (Lipinski definition) is 8. The number of carbonyl (C=O) groups is 4. The molecule has 0 aromatic heterocycles. The van der Waals surface area contributed by atoms with E-state index in [2.05, 4.69) is 53.2 Å². The third kappa shape index (κ3) is 9.55. The lowest BCUT2D eigenvalue weighted by Gasteiger charge is -2.21. The van der Waals surface area contributed by atoms with Gasteiger partial charge < -0.3 is 15.7 Å². The molecule has 3 amide bonds. The summed E-state index contributed by atoms with van der Waals surface area (Å²) in [4.78, 5) is 45.9. The maximum atomic E-state index is 11.9. The van der Waals surface area contributed by atoms with Crippen molar-refractivity contribution in [1.29, 1.82) is 0 Å². The lowest BCUT2D eigenvalue weighted by molar-refractivity contribution is -0.141. The second-order valence-corrected chi connectivity index (χ2v) is 7.34. The first-order valence-corrected chi connectivity index (χ1v) is 9.55. The minimum atomic E-state index is -1.29. The van der Waals surface area contributed by atoms with Crippen molar-refractivity contribution in [3.63, 3.8) is 0 Å². The van der Waals surface area contributed by atoms with E-state index in [1.165, 1.54) is 6.92 Å². The molecule has 0 saturated carbocycles. The summed E-state index contributed by atoms with van der Waals surface area (Å²) in [5.74, 6) is -1.95. The molecule has 8 nitrogen and oxygen atoms in total. The number of aliphatic carboxylic acids is 1. The summed E-state index contributed by atoms with van der Waals surface area (Å²) in [7, 11) is 0. The number of thiol groups is 3. The number of amides is 3. The van der Waals surface area contributed by atoms with E-state index in [-0.39, 0.29) is 24.5 Å². The molecule has 24 heavy (non-hydrogen) atoms. The molecule has 0 bridgehead atoms. The highest BCUT2D eigenvalue weighted by Crippen LogP contribution is 2.16. The smallest absolute Gasteiger partial charge is 0.328 e. The van der Waals surface area contributed by atoms with Crippen LogP contribution < -0.4 is 15.4 Å². The predicted octanol–water partition coefficient (Wildman–Crippen LogP) is -0.279. The molecular formula is C12H21N3O5S4. The van der Waals surface area contributed by atoms with E-state index in [0.717, 1.165) is 11.9 Å². The van der Waals surface area contributed by atoms with Crippen LogP contribution in [0.2, 0.25) is 0 Å². The molecule has 12 heteroatoms. The zero-order valence-corrected chi connectivity index (χ0v) is 16.4. The van der Waals surface area contributed by atoms with Crippen LogP contribution in [0.3, 0.4) is 0 Å². The molecule has 0 aliphatic heterocycles. The molecule has 0 fully saturated rings. The summed E-state index contributed by atoms with van der Waals surface area (Å²) in [6.07, 6.45) is 0.250. The van der Waals surface area contributed by atoms with Gasteiger partial charge in [0.1, 0.15) is 12.1 Å². The van der Waals surface area contributed by atoms with Gasteiger partial charge in [0, 0.05) is 12.8 Å². The van der Waals surface area contributed by atoms with E-state index in [1.807, 2.05) is 0 Å². The molecule has 0 rings (SSSR count). The molecular weight excluding hydrogens is 394 g/mol. The Bertz CT molecular complexity index is 466. The van der Waals surface area contributed by atoms with Crippen LogP contribution in [-0.2, 0) is 19.2 Å². The Morgan fingerprint density at radius 2 is 1.54 bits per heavy atom. The first-order valence-electron chi connectivity index (χ1n) is 6.89. The number of carbonyl (C=O) groups excluding carboxylic acids is 3. The maximum absolute atomic E-state index is 11.9. The first kappa shape index (κ1) is 23.3. The van der Waals surface area contributed by atoms with Crippen molar-refractivity contribution in [2.75, 3.05) is 11.5 Å². The fourth-order valence-corrected chi connectivity index (χ4v) is 2.86. The van der Waals surface area contributed by atoms with Crippen LogP contribution in [0, 0.1) is 0 Å². The second-order valence-electron chi connectivity index (χ2n) is 4.59. The lowest BCUT2D eigenvalue weighted by Crippen LogP contribution is -2.48. The monoisotopic (exact) mass is 415 g/mol. The fourth-order valence-electron chi connectivity index (χ4n) is 1.36. The average Bonchev–Trinajstić information content (AvgIpc) is 2.49. The second kappa shape index (κ2) is 12.6. The van der Waals surface area contributed by atoms with Crippen LogP contribution >= 0.6 is 49.8 Å². The Kier molecular flexibility index (Phi) is 12.2. The van der Waals surface area contributed by atoms with Gasteiger partial charge in [0.25, 0.3) is 5.91 Å². The van der Waals surface area contributed by atoms with Crippen LogP contribution in [0.4, 0.5) is 0 Å². The number of nitrogens with one attached hydrogen (secondary N) is 3. The Hall–Kier alpha value is -0.720. The van der Waals surface area contributed by atoms with Gasteiger partial charge in [-0.3, -0.25) is 19.1 Å². The van der Waals surface area contributed by atoms with Gasteiger partial charge in [-0.15, -0.1) is 0 Å². The quantitative estimate of drug-likeness (QED) is 0.141.